The molecule has 0 bridgehead atoms. The second kappa shape index (κ2) is 7.91. The number of rotatable bonds is 6. The second-order valence-electron chi connectivity index (χ2n) is 4.46. The molecule has 1 N–H and O–H groups in total. The molecule has 2 heterocycles. The minimum absolute atomic E-state index is 0.122. The van der Waals surface area contributed by atoms with Crippen LogP contribution in [0.4, 0.5) is 0 Å². The summed E-state index contributed by atoms with van der Waals surface area (Å²) in [4.78, 5) is 3.63. The van der Waals surface area contributed by atoms with E-state index in [1.54, 1.807) is 17.6 Å². The first-order chi connectivity index (χ1) is 9.81. The Hall–Kier alpha value is -1.54. The molecule has 0 aliphatic heterocycles. The third-order valence-electron chi connectivity index (χ3n) is 2.91. The number of nitrogens with zero attached hydrogens (tertiary/aromatic N) is 1. The van der Waals surface area contributed by atoms with Gasteiger partial charge in [-0.05, 0) is 24.7 Å². The molecule has 0 spiro atoms. The van der Waals surface area contributed by atoms with Crippen LogP contribution in [0.2, 0.25) is 0 Å². The molecule has 2 rings (SSSR count). The van der Waals surface area contributed by atoms with Crippen LogP contribution >= 0.6 is 11.3 Å². The van der Waals surface area contributed by atoms with Gasteiger partial charge in [0.05, 0.1) is 19.4 Å². The molecule has 2 aromatic rings. The van der Waals surface area contributed by atoms with Crippen LogP contribution in [-0.2, 0) is 13.1 Å². The van der Waals surface area contributed by atoms with E-state index in [0.717, 1.165) is 31.0 Å². The summed E-state index contributed by atoms with van der Waals surface area (Å²) in [6.07, 6.45) is 2.24. The molecule has 4 heteroatoms. The van der Waals surface area contributed by atoms with Gasteiger partial charge in [0.2, 0.25) is 0 Å². The number of aliphatic hydroxyl groups excluding tert-OH is 1. The first kappa shape index (κ1) is 14.9. The summed E-state index contributed by atoms with van der Waals surface area (Å²) in [6, 6.07) is 6.05. The van der Waals surface area contributed by atoms with Gasteiger partial charge in [0.1, 0.15) is 5.76 Å². The van der Waals surface area contributed by atoms with Gasteiger partial charge >= 0.3 is 0 Å². The molecule has 20 heavy (non-hydrogen) atoms. The van der Waals surface area contributed by atoms with E-state index in [4.69, 9.17) is 9.52 Å². The standard InChI is InChI=1S/C16H19NO2S/c1-2-17(11-15-7-5-9-19-15)12-16-10-14(13-20-16)6-3-4-8-18/h5,7,9-10,13,18H,2,4,8,11-12H2,1H3. The lowest BCUT2D eigenvalue weighted by atomic mass is 10.3. The van der Waals surface area contributed by atoms with Crippen LogP contribution in [0.1, 0.15) is 29.5 Å². The highest BCUT2D eigenvalue weighted by atomic mass is 32.1. The Morgan fingerprint density at radius 2 is 2.30 bits per heavy atom. The maximum absolute atomic E-state index is 8.71. The van der Waals surface area contributed by atoms with E-state index in [-0.39, 0.29) is 6.61 Å². The minimum atomic E-state index is 0.122. The van der Waals surface area contributed by atoms with Crippen LogP contribution in [0.3, 0.4) is 0 Å². The molecule has 0 aromatic carbocycles. The molecular weight excluding hydrogens is 270 g/mol. The summed E-state index contributed by atoms with van der Waals surface area (Å²) in [5.41, 5.74) is 1.03. The maximum atomic E-state index is 8.71. The van der Waals surface area contributed by atoms with Crippen molar-refractivity contribution in [3.8, 4) is 11.8 Å². The van der Waals surface area contributed by atoms with E-state index in [1.807, 2.05) is 12.1 Å². The van der Waals surface area contributed by atoms with E-state index in [1.165, 1.54) is 4.88 Å². The van der Waals surface area contributed by atoms with E-state index in [0.29, 0.717) is 6.42 Å². The molecule has 0 unspecified atom stereocenters. The Morgan fingerprint density at radius 3 is 3.00 bits per heavy atom. The zero-order valence-corrected chi connectivity index (χ0v) is 12.4. The fourth-order valence-corrected chi connectivity index (χ4v) is 2.73. The van der Waals surface area contributed by atoms with Crippen molar-refractivity contribution < 1.29 is 9.52 Å². The fraction of sp³-hybridized carbons (Fsp3) is 0.375. The predicted molar refractivity (Wildman–Crippen MR) is 81.4 cm³/mol. The lowest BCUT2D eigenvalue weighted by Gasteiger charge is -2.17. The molecule has 3 nitrogen and oxygen atoms in total. The summed E-state index contributed by atoms with van der Waals surface area (Å²) in [6.45, 7) is 4.98. The van der Waals surface area contributed by atoms with Crippen molar-refractivity contribution in [2.24, 2.45) is 0 Å². The summed E-state index contributed by atoms with van der Waals surface area (Å²) < 4.78 is 5.39. The van der Waals surface area contributed by atoms with Crippen molar-refractivity contribution in [2.75, 3.05) is 13.2 Å². The smallest absolute Gasteiger partial charge is 0.117 e. The van der Waals surface area contributed by atoms with Crippen LogP contribution in [-0.4, -0.2) is 23.2 Å². The molecule has 106 valence electrons. The Balaban J connectivity index is 1.93. The highest BCUT2D eigenvalue weighted by Crippen LogP contribution is 2.17. The van der Waals surface area contributed by atoms with Crippen molar-refractivity contribution in [2.45, 2.75) is 26.4 Å². The quantitative estimate of drug-likeness (QED) is 0.830. The van der Waals surface area contributed by atoms with Crippen LogP contribution in [0, 0.1) is 11.8 Å². The number of hydrogen-bond acceptors (Lipinski definition) is 4. The largest absolute Gasteiger partial charge is 0.468 e. The molecule has 0 radical (unpaired) electrons. The average molecular weight is 289 g/mol. The number of hydrogen-bond donors (Lipinski definition) is 1. The number of furan rings is 1. The maximum Gasteiger partial charge on any atom is 0.117 e. The third kappa shape index (κ3) is 4.53. The lowest BCUT2D eigenvalue weighted by molar-refractivity contribution is 0.250. The van der Waals surface area contributed by atoms with Gasteiger partial charge in [-0.15, -0.1) is 11.3 Å². The second-order valence-corrected chi connectivity index (χ2v) is 5.46. The van der Waals surface area contributed by atoms with Gasteiger partial charge < -0.3 is 9.52 Å². The molecule has 0 saturated heterocycles. The predicted octanol–water partition coefficient (Wildman–Crippen LogP) is 3.10. The molecule has 0 aliphatic carbocycles. The Kier molecular flexibility index (Phi) is 5.87. The van der Waals surface area contributed by atoms with Gasteiger partial charge in [0.25, 0.3) is 0 Å². The van der Waals surface area contributed by atoms with Crippen LogP contribution in [0.5, 0.6) is 0 Å². The van der Waals surface area contributed by atoms with E-state index in [2.05, 4.69) is 35.1 Å². The minimum Gasteiger partial charge on any atom is -0.468 e. The van der Waals surface area contributed by atoms with Crippen LogP contribution in [0.25, 0.3) is 0 Å². The number of aliphatic hydroxyl groups is 1. The van der Waals surface area contributed by atoms with Crippen LogP contribution < -0.4 is 0 Å². The van der Waals surface area contributed by atoms with Gasteiger partial charge in [0, 0.05) is 28.8 Å². The summed E-state index contributed by atoms with van der Waals surface area (Å²) in [5, 5.41) is 10.8. The molecular formula is C16H19NO2S. The molecule has 0 saturated carbocycles. The Labute approximate surface area is 123 Å². The van der Waals surface area contributed by atoms with Crippen molar-refractivity contribution in [1.29, 1.82) is 0 Å². The van der Waals surface area contributed by atoms with Crippen molar-refractivity contribution in [3.05, 3.63) is 46.0 Å². The zero-order chi connectivity index (χ0) is 14.2. The van der Waals surface area contributed by atoms with Crippen LogP contribution in [0.15, 0.2) is 34.3 Å². The monoisotopic (exact) mass is 289 g/mol. The van der Waals surface area contributed by atoms with Gasteiger partial charge in [-0.25, -0.2) is 0 Å². The first-order valence-corrected chi connectivity index (χ1v) is 7.61. The normalized spacial score (nSPS) is 10.6. The summed E-state index contributed by atoms with van der Waals surface area (Å²) in [5.74, 6) is 7.00. The molecule has 2 aromatic heterocycles. The first-order valence-electron chi connectivity index (χ1n) is 6.73. The number of thiophene rings is 1. The topological polar surface area (TPSA) is 36.6 Å². The van der Waals surface area contributed by atoms with Gasteiger partial charge in [-0.2, -0.15) is 0 Å². The van der Waals surface area contributed by atoms with Crippen molar-refractivity contribution in [3.63, 3.8) is 0 Å². The Bertz CT molecular complexity index is 563. The highest BCUT2D eigenvalue weighted by Gasteiger charge is 2.08. The molecule has 0 fully saturated rings. The molecule has 0 aliphatic rings. The zero-order valence-electron chi connectivity index (χ0n) is 11.6. The summed E-state index contributed by atoms with van der Waals surface area (Å²) in [7, 11) is 0. The molecule has 0 atom stereocenters. The van der Waals surface area contributed by atoms with E-state index < -0.39 is 0 Å². The average Bonchev–Trinajstić information content (AvgIpc) is 3.10. The van der Waals surface area contributed by atoms with Crippen molar-refractivity contribution in [1.82, 2.24) is 4.90 Å². The summed E-state index contributed by atoms with van der Waals surface area (Å²) >= 11 is 1.73. The van der Waals surface area contributed by atoms with Gasteiger partial charge in [0.15, 0.2) is 0 Å². The highest BCUT2D eigenvalue weighted by molar-refractivity contribution is 7.10. The lowest BCUT2D eigenvalue weighted by Crippen LogP contribution is -2.21. The third-order valence-corrected chi connectivity index (χ3v) is 3.83. The van der Waals surface area contributed by atoms with Gasteiger partial charge in [-0.1, -0.05) is 18.8 Å². The fourth-order valence-electron chi connectivity index (χ4n) is 1.87. The molecule has 0 amide bonds. The van der Waals surface area contributed by atoms with Crippen molar-refractivity contribution >= 4 is 11.3 Å². The SMILES string of the molecule is CCN(Cc1ccco1)Cc1cc(C#CCCO)cs1. The Morgan fingerprint density at radius 1 is 1.40 bits per heavy atom. The van der Waals surface area contributed by atoms with E-state index in [9.17, 15) is 0 Å². The van der Waals surface area contributed by atoms with E-state index >= 15 is 0 Å². The van der Waals surface area contributed by atoms with Gasteiger partial charge in [-0.3, -0.25) is 4.90 Å².